The topological polar surface area (TPSA) is 75.2 Å². The predicted molar refractivity (Wildman–Crippen MR) is 78.0 cm³/mol. The van der Waals surface area contributed by atoms with Crippen LogP contribution in [0.25, 0.3) is 0 Å². The molecule has 0 radical (unpaired) electrons. The van der Waals surface area contributed by atoms with Crippen LogP contribution in [0, 0.1) is 0 Å². The Morgan fingerprint density at radius 1 is 1.48 bits per heavy atom. The highest BCUT2D eigenvalue weighted by atomic mass is 16.5. The maximum absolute atomic E-state index is 6.20. The number of rotatable bonds is 3. The second-order valence-corrected chi connectivity index (χ2v) is 6.02. The molecule has 3 rings (SSSR count). The Hall–Kier alpha value is -2.08. The molecule has 0 aliphatic carbocycles. The van der Waals surface area contributed by atoms with Crippen LogP contribution >= 0.6 is 0 Å². The van der Waals surface area contributed by atoms with Crippen molar-refractivity contribution in [2.24, 2.45) is 12.8 Å². The molecule has 0 saturated carbocycles. The van der Waals surface area contributed by atoms with Crippen LogP contribution in [0.3, 0.4) is 0 Å². The SMILES string of the molecule is Cn1cnnc1COc1ccc2c(c1)OC(C)(C)CC2N. The summed E-state index contributed by atoms with van der Waals surface area (Å²) in [5.41, 5.74) is 6.97. The van der Waals surface area contributed by atoms with Crippen molar-refractivity contribution >= 4 is 0 Å². The quantitative estimate of drug-likeness (QED) is 0.934. The van der Waals surface area contributed by atoms with Crippen LogP contribution in [0.2, 0.25) is 0 Å². The van der Waals surface area contributed by atoms with E-state index >= 15 is 0 Å². The van der Waals surface area contributed by atoms with Crippen LogP contribution < -0.4 is 15.2 Å². The first-order chi connectivity index (χ1) is 9.94. The van der Waals surface area contributed by atoms with Crippen LogP contribution in [0.15, 0.2) is 24.5 Å². The largest absolute Gasteiger partial charge is 0.487 e. The van der Waals surface area contributed by atoms with Crippen LogP contribution in [0.5, 0.6) is 11.5 Å². The fourth-order valence-electron chi connectivity index (χ4n) is 2.56. The summed E-state index contributed by atoms with van der Waals surface area (Å²) in [7, 11) is 1.89. The standard InChI is InChI=1S/C15H20N4O2/c1-15(2)7-12(16)11-5-4-10(6-13(11)21-15)20-8-14-18-17-9-19(14)3/h4-6,9,12H,7-8,16H2,1-3H3. The Balaban J connectivity index is 1.78. The lowest BCUT2D eigenvalue weighted by molar-refractivity contribution is 0.0724. The van der Waals surface area contributed by atoms with Gasteiger partial charge in [0.25, 0.3) is 0 Å². The molecule has 1 atom stereocenters. The Labute approximate surface area is 123 Å². The van der Waals surface area contributed by atoms with Crippen molar-refractivity contribution < 1.29 is 9.47 Å². The minimum atomic E-state index is -0.255. The van der Waals surface area contributed by atoms with E-state index in [1.165, 1.54) is 0 Å². The molecular weight excluding hydrogens is 268 g/mol. The number of fused-ring (bicyclic) bond motifs is 1. The summed E-state index contributed by atoms with van der Waals surface area (Å²) >= 11 is 0. The summed E-state index contributed by atoms with van der Waals surface area (Å²) < 4.78 is 13.6. The van der Waals surface area contributed by atoms with Gasteiger partial charge in [-0.2, -0.15) is 0 Å². The van der Waals surface area contributed by atoms with Crippen molar-refractivity contribution in [3.63, 3.8) is 0 Å². The lowest BCUT2D eigenvalue weighted by Crippen LogP contribution is -2.37. The highest BCUT2D eigenvalue weighted by Crippen LogP contribution is 2.40. The zero-order valence-corrected chi connectivity index (χ0v) is 12.5. The van der Waals surface area contributed by atoms with Crippen molar-refractivity contribution in [3.05, 3.63) is 35.9 Å². The van der Waals surface area contributed by atoms with Gasteiger partial charge in [0.2, 0.25) is 0 Å². The molecule has 112 valence electrons. The van der Waals surface area contributed by atoms with Gasteiger partial charge in [0.05, 0.1) is 0 Å². The number of aryl methyl sites for hydroxylation is 1. The van der Waals surface area contributed by atoms with Crippen LogP contribution in [-0.4, -0.2) is 20.4 Å². The Bertz CT molecular complexity index is 651. The van der Waals surface area contributed by atoms with E-state index in [9.17, 15) is 0 Å². The predicted octanol–water partition coefficient (Wildman–Crippen LogP) is 1.95. The van der Waals surface area contributed by atoms with Crippen molar-refractivity contribution in [3.8, 4) is 11.5 Å². The molecule has 0 spiro atoms. The summed E-state index contributed by atoms with van der Waals surface area (Å²) in [4.78, 5) is 0. The lowest BCUT2D eigenvalue weighted by Gasteiger charge is -2.36. The summed E-state index contributed by atoms with van der Waals surface area (Å²) in [5.74, 6) is 2.31. The number of ether oxygens (including phenoxy) is 2. The third kappa shape index (κ3) is 2.85. The molecule has 0 saturated heterocycles. The lowest BCUT2D eigenvalue weighted by atomic mass is 9.90. The molecule has 0 bridgehead atoms. The van der Waals surface area contributed by atoms with Gasteiger partial charge in [-0.25, -0.2) is 0 Å². The number of aromatic nitrogens is 3. The molecule has 1 aromatic heterocycles. The van der Waals surface area contributed by atoms with Crippen molar-refractivity contribution in [1.29, 1.82) is 0 Å². The summed E-state index contributed by atoms with van der Waals surface area (Å²) in [5, 5.41) is 7.82. The van der Waals surface area contributed by atoms with Gasteiger partial charge >= 0.3 is 0 Å². The van der Waals surface area contributed by atoms with E-state index < -0.39 is 0 Å². The first kappa shape index (κ1) is 13.9. The normalized spacial score (nSPS) is 19.7. The third-order valence-corrected chi connectivity index (χ3v) is 3.66. The summed E-state index contributed by atoms with van der Waals surface area (Å²) in [6, 6.07) is 5.78. The highest BCUT2D eigenvalue weighted by molar-refractivity contribution is 5.44. The molecule has 1 aliphatic rings. The van der Waals surface area contributed by atoms with Crippen molar-refractivity contribution in [2.75, 3.05) is 0 Å². The van der Waals surface area contributed by atoms with E-state index in [1.54, 1.807) is 6.33 Å². The molecule has 6 heteroatoms. The third-order valence-electron chi connectivity index (χ3n) is 3.66. The van der Waals surface area contributed by atoms with Gasteiger partial charge in [-0.3, -0.25) is 0 Å². The van der Waals surface area contributed by atoms with Gasteiger partial charge in [0.1, 0.15) is 30.0 Å². The average Bonchev–Trinajstić information content (AvgIpc) is 2.80. The van der Waals surface area contributed by atoms with Gasteiger partial charge < -0.3 is 19.8 Å². The molecule has 21 heavy (non-hydrogen) atoms. The number of nitrogens with zero attached hydrogens (tertiary/aromatic N) is 3. The zero-order valence-electron chi connectivity index (χ0n) is 12.5. The Kier molecular flexibility index (Phi) is 3.33. The summed E-state index contributed by atoms with van der Waals surface area (Å²) in [6.45, 7) is 4.45. The van der Waals surface area contributed by atoms with Crippen molar-refractivity contribution in [1.82, 2.24) is 14.8 Å². The van der Waals surface area contributed by atoms with E-state index in [1.807, 2.05) is 43.7 Å². The van der Waals surface area contributed by atoms with E-state index in [2.05, 4.69) is 10.2 Å². The van der Waals surface area contributed by atoms with Gasteiger partial charge in [0, 0.05) is 31.1 Å². The number of benzene rings is 1. The van der Waals surface area contributed by atoms with Crippen LogP contribution in [-0.2, 0) is 13.7 Å². The maximum atomic E-state index is 6.20. The van der Waals surface area contributed by atoms with Crippen molar-refractivity contribution in [2.45, 2.75) is 38.5 Å². The number of nitrogens with two attached hydrogens (primary N) is 1. The highest BCUT2D eigenvalue weighted by Gasteiger charge is 2.31. The Morgan fingerprint density at radius 3 is 3.00 bits per heavy atom. The maximum Gasteiger partial charge on any atom is 0.170 e. The molecule has 0 fully saturated rings. The molecule has 6 nitrogen and oxygen atoms in total. The molecule has 0 amide bonds. The second-order valence-electron chi connectivity index (χ2n) is 6.02. The molecule has 1 unspecified atom stereocenters. The van der Waals surface area contributed by atoms with Gasteiger partial charge in [-0.15, -0.1) is 10.2 Å². The minimum Gasteiger partial charge on any atom is -0.487 e. The van der Waals surface area contributed by atoms with E-state index in [0.717, 1.165) is 29.3 Å². The smallest absolute Gasteiger partial charge is 0.170 e. The first-order valence-electron chi connectivity index (χ1n) is 6.99. The average molecular weight is 288 g/mol. The number of hydrogen-bond donors (Lipinski definition) is 1. The second kappa shape index (κ2) is 5.04. The molecule has 2 heterocycles. The monoisotopic (exact) mass is 288 g/mol. The fourth-order valence-corrected chi connectivity index (χ4v) is 2.56. The molecule has 1 aromatic carbocycles. The molecule has 2 aromatic rings. The minimum absolute atomic E-state index is 0.00320. The fraction of sp³-hybridized carbons (Fsp3) is 0.467. The molecular formula is C15H20N4O2. The van der Waals surface area contributed by atoms with E-state index in [0.29, 0.717) is 6.61 Å². The van der Waals surface area contributed by atoms with E-state index in [4.69, 9.17) is 15.2 Å². The van der Waals surface area contributed by atoms with Crippen LogP contribution in [0.4, 0.5) is 0 Å². The Morgan fingerprint density at radius 2 is 2.29 bits per heavy atom. The summed E-state index contributed by atoms with van der Waals surface area (Å²) in [6.07, 6.45) is 2.45. The van der Waals surface area contributed by atoms with Crippen LogP contribution in [0.1, 0.15) is 37.7 Å². The molecule has 1 aliphatic heterocycles. The van der Waals surface area contributed by atoms with E-state index in [-0.39, 0.29) is 11.6 Å². The van der Waals surface area contributed by atoms with Gasteiger partial charge in [0.15, 0.2) is 5.82 Å². The first-order valence-corrected chi connectivity index (χ1v) is 6.99. The van der Waals surface area contributed by atoms with Gasteiger partial charge in [-0.1, -0.05) is 6.07 Å². The number of hydrogen-bond acceptors (Lipinski definition) is 5. The molecule has 2 N–H and O–H groups in total. The zero-order chi connectivity index (χ0) is 15.0. The van der Waals surface area contributed by atoms with Gasteiger partial charge in [-0.05, 0) is 19.9 Å².